The number of benzene rings is 2. The zero-order valence-corrected chi connectivity index (χ0v) is 12.4. The van der Waals surface area contributed by atoms with Crippen molar-refractivity contribution in [1.82, 2.24) is 0 Å². The number of rotatable bonds is 3. The minimum absolute atomic E-state index is 0.353. The van der Waals surface area contributed by atoms with E-state index in [1.54, 1.807) is 6.07 Å². The van der Waals surface area contributed by atoms with E-state index in [1.807, 2.05) is 36.2 Å². The van der Waals surface area contributed by atoms with Crippen molar-refractivity contribution in [3.8, 4) is 0 Å². The van der Waals surface area contributed by atoms with Gasteiger partial charge in [0.25, 0.3) is 0 Å². The van der Waals surface area contributed by atoms with Crippen LogP contribution >= 0.6 is 23.8 Å². The van der Waals surface area contributed by atoms with Crippen LogP contribution in [0.2, 0.25) is 5.02 Å². The van der Waals surface area contributed by atoms with Gasteiger partial charge in [0.05, 0.1) is 10.7 Å². The lowest BCUT2D eigenvalue weighted by Crippen LogP contribution is -2.12. The summed E-state index contributed by atoms with van der Waals surface area (Å²) in [5.74, 6) is 0. The molecule has 0 aliphatic heterocycles. The molecule has 19 heavy (non-hydrogen) atoms. The van der Waals surface area contributed by atoms with E-state index in [4.69, 9.17) is 29.6 Å². The number of anilines is 2. The van der Waals surface area contributed by atoms with Crippen LogP contribution in [0, 0.1) is 6.92 Å². The second-order valence-electron chi connectivity index (χ2n) is 4.43. The molecule has 2 rings (SSSR count). The van der Waals surface area contributed by atoms with Gasteiger partial charge in [0, 0.05) is 18.3 Å². The molecule has 0 radical (unpaired) electrons. The number of hydrogen-bond acceptors (Lipinski definition) is 2. The number of nitrogens with two attached hydrogens (primary N) is 1. The average Bonchev–Trinajstić information content (AvgIpc) is 2.37. The Labute approximate surface area is 123 Å². The molecule has 2 aromatic rings. The summed E-state index contributed by atoms with van der Waals surface area (Å²) < 4.78 is 0. The number of thiocarbonyl (C=S) groups is 1. The van der Waals surface area contributed by atoms with E-state index in [9.17, 15) is 0 Å². The molecule has 0 saturated heterocycles. The quantitative estimate of drug-likeness (QED) is 0.865. The van der Waals surface area contributed by atoms with Crippen molar-refractivity contribution in [1.29, 1.82) is 0 Å². The highest BCUT2D eigenvalue weighted by atomic mass is 35.5. The third kappa shape index (κ3) is 3.06. The molecule has 0 aliphatic rings. The van der Waals surface area contributed by atoms with E-state index in [0.717, 1.165) is 16.9 Å². The van der Waals surface area contributed by atoms with Gasteiger partial charge in [0.2, 0.25) is 0 Å². The van der Waals surface area contributed by atoms with E-state index in [0.29, 0.717) is 10.0 Å². The van der Waals surface area contributed by atoms with Crippen molar-refractivity contribution in [3.63, 3.8) is 0 Å². The van der Waals surface area contributed by atoms with E-state index in [2.05, 4.69) is 19.1 Å². The minimum atomic E-state index is 0.353. The Morgan fingerprint density at radius 1 is 1.21 bits per heavy atom. The van der Waals surface area contributed by atoms with Crippen LogP contribution in [0.3, 0.4) is 0 Å². The van der Waals surface area contributed by atoms with E-state index in [-0.39, 0.29) is 0 Å². The van der Waals surface area contributed by atoms with E-state index in [1.165, 1.54) is 5.56 Å². The van der Waals surface area contributed by atoms with Crippen LogP contribution in [-0.4, -0.2) is 12.0 Å². The lowest BCUT2D eigenvalue weighted by Gasteiger charge is -2.21. The Morgan fingerprint density at radius 2 is 1.95 bits per heavy atom. The maximum Gasteiger partial charge on any atom is 0.104 e. The normalized spacial score (nSPS) is 10.3. The van der Waals surface area contributed by atoms with Crippen molar-refractivity contribution in [2.24, 2.45) is 5.73 Å². The lowest BCUT2D eigenvalue weighted by molar-refractivity contribution is 1.20. The van der Waals surface area contributed by atoms with Gasteiger partial charge >= 0.3 is 0 Å². The molecule has 0 bridgehead atoms. The average molecular weight is 291 g/mol. The summed E-state index contributed by atoms with van der Waals surface area (Å²) in [5.41, 5.74) is 9.60. The van der Waals surface area contributed by atoms with Crippen LogP contribution < -0.4 is 10.6 Å². The van der Waals surface area contributed by atoms with Gasteiger partial charge in [-0.25, -0.2) is 0 Å². The first-order valence-electron chi connectivity index (χ1n) is 5.89. The second kappa shape index (κ2) is 5.59. The summed E-state index contributed by atoms with van der Waals surface area (Å²) in [6, 6.07) is 13.9. The Bertz CT molecular complexity index is 625. The van der Waals surface area contributed by atoms with Gasteiger partial charge in [0.15, 0.2) is 0 Å². The van der Waals surface area contributed by atoms with Gasteiger partial charge in [-0.1, -0.05) is 36.0 Å². The zero-order chi connectivity index (χ0) is 14.0. The summed E-state index contributed by atoms with van der Waals surface area (Å²) in [4.78, 5) is 2.39. The predicted molar refractivity (Wildman–Crippen MR) is 86.6 cm³/mol. The fourth-order valence-corrected chi connectivity index (χ4v) is 2.34. The van der Waals surface area contributed by atoms with Crippen LogP contribution in [0.4, 0.5) is 11.4 Å². The van der Waals surface area contributed by atoms with Gasteiger partial charge in [0.1, 0.15) is 4.99 Å². The van der Waals surface area contributed by atoms with Crippen molar-refractivity contribution in [2.45, 2.75) is 6.92 Å². The highest BCUT2D eigenvalue weighted by molar-refractivity contribution is 7.80. The molecule has 2 nitrogen and oxygen atoms in total. The molecule has 0 saturated carbocycles. The molecule has 0 spiro atoms. The zero-order valence-electron chi connectivity index (χ0n) is 10.9. The number of halogens is 1. The van der Waals surface area contributed by atoms with Crippen molar-refractivity contribution in [2.75, 3.05) is 11.9 Å². The summed E-state index contributed by atoms with van der Waals surface area (Å²) in [6.45, 7) is 2.06. The summed E-state index contributed by atoms with van der Waals surface area (Å²) in [6.07, 6.45) is 0. The Balaban J connectivity index is 2.39. The van der Waals surface area contributed by atoms with E-state index >= 15 is 0 Å². The van der Waals surface area contributed by atoms with Crippen molar-refractivity contribution < 1.29 is 0 Å². The maximum atomic E-state index is 6.30. The third-order valence-electron chi connectivity index (χ3n) is 2.98. The largest absolute Gasteiger partial charge is 0.389 e. The third-order valence-corrected chi connectivity index (χ3v) is 3.52. The number of hydrogen-bond donors (Lipinski definition) is 1. The summed E-state index contributed by atoms with van der Waals surface area (Å²) >= 11 is 11.2. The molecule has 0 amide bonds. The molecule has 0 aliphatic carbocycles. The molecular weight excluding hydrogens is 276 g/mol. The molecule has 0 aromatic heterocycles. The van der Waals surface area contributed by atoms with Crippen LogP contribution in [0.5, 0.6) is 0 Å². The Morgan fingerprint density at radius 3 is 2.53 bits per heavy atom. The molecule has 0 fully saturated rings. The number of aryl methyl sites for hydroxylation is 1. The molecule has 98 valence electrons. The molecule has 4 heteroatoms. The van der Waals surface area contributed by atoms with Crippen molar-refractivity contribution in [3.05, 3.63) is 58.6 Å². The van der Waals surface area contributed by atoms with Crippen LogP contribution in [0.1, 0.15) is 11.1 Å². The second-order valence-corrected chi connectivity index (χ2v) is 5.28. The highest BCUT2D eigenvalue weighted by Gasteiger charge is 2.09. The smallest absolute Gasteiger partial charge is 0.104 e. The first-order chi connectivity index (χ1) is 8.99. The van der Waals surface area contributed by atoms with Gasteiger partial charge in [-0.15, -0.1) is 0 Å². The Kier molecular flexibility index (Phi) is 4.08. The van der Waals surface area contributed by atoms with Crippen molar-refractivity contribution >= 4 is 40.2 Å². The topological polar surface area (TPSA) is 29.3 Å². The molecule has 0 heterocycles. The van der Waals surface area contributed by atoms with Crippen LogP contribution in [0.15, 0.2) is 42.5 Å². The van der Waals surface area contributed by atoms with Gasteiger partial charge < -0.3 is 10.6 Å². The molecule has 0 atom stereocenters. The van der Waals surface area contributed by atoms with Gasteiger partial charge in [-0.3, -0.25) is 0 Å². The molecule has 0 unspecified atom stereocenters. The summed E-state index contributed by atoms with van der Waals surface area (Å²) in [5, 5.41) is 0.634. The fraction of sp³-hybridized carbons (Fsp3) is 0.133. The number of nitrogens with zero attached hydrogens (tertiary/aromatic N) is 1. The Hall–Kier alpha value is -1.58. The molecular formula is C15H15ClN2S. The molecule has 2 aromatic carbocycles. The van der Waals surface area contributed by atoms with Gasteiger partial charge in [-0.2, -0.15) is 0 Å². The maximum absolute atomic E-state index is 6.30. The van der Waals surface area contributed by atoms with Gasteiger partial charge in [-0.05, 0) is 42.8 Å². The first-order valence-corrected chi connectivity index (χ1v) is 6.67. The minimum Gasteiger partial charge on any atom is -0.389 e. The fourth-order valence-electron chi connectivity index (χ4n) is 1.91. The monoisotopic (exact) mass is 290 g/mol. The highest BCUT2D eigenvalue weighted by Crippen LogP contribution is 2.31. The van der Waals surface area contributed by atoms with Crippen LogP contribution in [-0.2, 0) is 0 Å². The standard InChI is InChI=1S/C15H15ClN2S/c1-10-4-3-5-12(8-10)18(2)14-7-6-11(15(17)19)9-13(14)16/h3-9H,1-2H3,(H2,17,19). The van der Waals surface area contributed by atoms with E-state index < -0.39 is 0 Å². The summed E-state index contributed by atoms with van der Waals surface area (Å²) in [7, 11) is 1.98. The van der Waals surface area contributed by atoms with Crippen LogP contribution in [0.25, 0.3) is 0 Å². The molecule has 2 N–H and O–H groups in total. The lowest BCUT2D eigenvalue weighted by atomic mass is 10.1. The SMILES string of the molecule is Cc1cccc(N(C)c2ccc(C(N)=S)cc2Cl)c1. The predicted octanol–water partition coefficient (Wildman–Crippen LogP) is 4.05. The first kappa shape index (κ1) is 13.8.